The fraction of sp³-hybridized carbons (Fsp3) is 0.250. The quantitative estimate of drug-likeness (QED) is 0.724. The van der Waals surface area contributed by atoms with Gasteiger partial charge in [-0.1, -0.05) is 6.07 Å². The number of benzene rings is 1. The molecule has 0 atom stereocenters. The molecule has 0 aliphatic heterocycles. The number of amides is 3. The number of carbonyl (C=O) groups is 3. The van der Waals surface area contributed by atoms with Gasteiger partial charge in [-0.05, 0) is 25.1 Å². The number of carboxylic acid groups (broad SMARTS) is 1. The van der Waals surface area contributed by atoms with E-state index in [1.54, 1.807) is 6.92 Å². The van der Waals surface area contributed by atoms with E-state index in [2.05, 4.69) is 10.6 Å². The molecule has 0 aliphatic rings. The van der Waals surface area contributed by atoms with Crippen molar-refractivity contribution in [2.45, 2.75) is 6.92 Å². The molecule has 102 valence electrons. The van der Waals surface area contributed by atoms with E-state index in [9.17, 15) is 14.4 Å². The summed E-state index contributed by atoms with van der Waals surface area (Å²) in [7, 11) is 0. The maximum Gasteiger partial charge on any atom is 0.335 e. The molecule has 0 bridgehead atoms. The fourth-order valence-electron chi connectivity index (χ4n) is 1.24. The van der Waals surface area contributed by atoms with Crippen LogP contribution in [0.2, 0.25) is 0 Å². The highest BCUT2D eigenvalue weighted by molar-refractivity contribution is 5.95. The third kappa shape index (κ3) is 5.07. The number of carboxylic acids is 1. The molecule has 0 spiro atoms. The van der Waals surface area contributed by atoms with Crippen LogP contribution < -0.4 is 15.4 Å². The Morgan fingerprint density at radius 1 is 1.32 bits per heavy atom. The second kappa shape index (κ2) is 7.00. The Morgan fingerprint density at radius 2 is 2.05 bits per heavy atom. The number of hydrogen-bond donors (Lipinski definition) is 3. The Bertz CT molecular complexity index is 487. The van der Waals surface area contributed by atoms with Crippen LogP contribution in [0.3, 0.4) is 0 Å². The Labute approximate surface area is 109 Å². The minimum absolute atomic E-state index is 0.0571. The van der Waals surface area contributed by atoms with Crippen molar-refractivity contribution < 1.29 is 24.2 Å². The van der Waals surface area contributed by atoms with E-state index in [0.29, 0.717) is 6.54 Å². The first-order valence-electron chi connectivity index (χ1n) is 5.56. The van der Waals surface area contributed by atoms with Crippen molar-refractivity contribution in [1.82, 2.24) is 10.6 Å². The van der Waals surface area contributed by atoms with Crippen LogP contribution >= 0.6 is 0 Å². The molecular weight excluding hydrogens is 252 g/mol. The Balaban J connectivity index is 2.48. The molecule has 0 aromatic heterocycles. The Kier molecular flexibility index (Phi) is 5.34. The number of imide groups is 1. The van der Waals surface area contributed by atoms with E-state index in [1.165, 1.54) is 24.3 Å². The van der Waals surface area contributed by atoms with Gasteiger partial charge >= 0.3 is 12.0 Å². The van der Waals surface area contributed by atoms with Crippen molar-refractivity contribution in [1.29, 1.82) is 0 Å². The summed E-state index contributed by atoms with van der Waals surface area (Å²) in [6, 6.07) is 5.12. The smallest absolute Gasteiger partial charge is 0.335 e. The molecule has 19 heavy (non-hydrogen) atoms. The molecule has 7 heteroatoms. The second-order valence-electron chi connectivity index (χ2n) is 3.53. The second-order valence-corrected chi connectivity index (χ2v) is 3.53. The summed E-state index contributed by atoms with van der Waals surface area (Å²) in [6.45, 7) is 1.75. The topological polar surface area (TPSA) is 105 Å². The lowest BCUT2D eigenvalue weighted by Crippen LogP contribution is -2.41. The van der Waals surface area contributed by atoms with Crippen LogP contribution in [0.4, 0.5) is 4.79 Å². The SMILES string of the molecule is CCNC(=O)NC(=O)COc1cccc(C(=O)O)c1. The highest BCUT2D eigenvalue weighted by Crippen LogP contribution is 2.12. The molecule has 1 rings (SSSR count). The van der Waals surface area contributed by atoms with Crippen molar-refractivity contribution in [2.24, 2.45) is 0 Å². The average molecular weight is 266 g/mol. The van der Waals surface area contributed by atoms with E-state index >= 15 is 0 Å². The summed E-state index contributed by atoms with van der Waals surface area (Å²) in [5.74, 6) is -1.46. The lowest BCUT2D eigenvalue weighted by molar-refractivity contribution is -0.122. The molecule has 3 N–H and O–H groups in total. The van der Waals surface area contributed by atoms with E-state index in [4.69, 9.17) is 9.84 Å². The first kappa shape index (κ1) is 14.5. The van der Waals surface area contributed by atoms with Crippen molar-refractivity contribution in [3.63, 3.8) is 0 Å². The fourth-order valence-corrected chi connectivity index (χ4v) is 1.24. The van der Waals surface area contributed by atoms with Gasteiger partial charge in [0.05, 0.1) is 5.56 Å². The zero-order valence-corrected chi connectivity index (χ0v) is 10.3. The lowest BCUT2D eigenvalue weighted by Gasteiger charge is -2.07. The predicted octanol–water partition coefficient (Wildman–Crippen LogP) is 0.609. The van der Waals surface area contributed by atoms with Gasteiger partial charge in [0.2, 0.25) is 0 Å². The van der Waals surface area contributed by atoms with Crippen LogP contribution in [0, 0.1) is 0 Å². The van der Waals surface area contributed by atoms with Gasteiger partial charge in [-0.3, -0.25) is 10.1 Å². The molecule has 0 radical (unpaired) electrons. The third-order valence-corrected chi connectivity index (χ3v) is 2.04. The number of carbonyl (C=O) groups excluding carboxylic acids is 2. The lowest BCUT2D eigenvalue weighted by atomic mass is 10.2. The summed E-state index contributed by atoms with van der Waals surface area (Å²) in [6.07, 6.45) is 0. The highest BCUT2D eigenvalue weighted by Gasteiger charge is 2.08. The number of aromatic carboxylic acids is 1. The Hall–Kier alpha value is -2.57. The number of urea groups is 1. The molecule has 0 fully saturated rings. The summed E-state index contributed by atoms with van der Waals surface area (Å²) < 4.78 is 5.08. The molecule has 0 unspecified atom stereocenters. The van der Waals surface area contributed by atoms with Crippen LogP contribution in [-0.2, 0) is 4.79 Å². The monoisotopic (exact) mass is 266 g/mol. The molecule has 1 aromatic carbocycles. The third-order valence-electron chi connectivity index (χ3n) is 2.04. The number of nitrogens with one attached hydrogen (secondary N) is 2. The Morgan fingerprint density at radius 3 is 2.68 bits per heavy atom. The van der Waals surface area contributed by atoms with Crippen LogP contribution in [-0.4, -0.2) is 36.2 Å². The van der Waals surface area contributed by atoms with Gasteiger partial charge in [0, 0.05) is 6.54 Å². The number of ether oxygens (including phenoxy) is 1. The molecule has 0 aliphatic carbocycles. The standard InChI is InChI=1S/C12H14N2O5/c1-2-13-12(18)14-10(15)7-19-9-5-3-4-8(6-9)11(16)17/h3-6H,2,7H2,1H3,(H,16,17)(H2,13,14,15,18). The minimum Gasteiger partial charge on any atom is -0.484 e. The van der Waals surface area contributed by atoms with E-state index in [-0.39, 0.29) is 17.9 Å². The average Bonchev–Trinajstić information content (AvgIpc) is 2.37. The van der Waals surface area contributed by atoms with Gasteiger partial charge < -0.3 is 15.2 Å². The number of hydrogen-bond acceptors (Lipinski definition) is 4. The first-order valence-corrected chi connectivity index (χ1v) is 5.56. The predicted molar refractivity (Wildman–Crippen MR) is 66.1 cm³/mol. The molecular formula is C12H14N2O5. The van der Waals surface area contributed by atoms with Crippen LogP contribution in [0.1, 0.15) is 17.3 Å². The van der Waals surface area contributed by atoms with E-state index in [0.717, 1.165) is 0 Å². The van der Waals surface area contributed by atoms with Crippen LogP contribution in [0.25, 0.3) is 0 Å². The summed E-state index contributed by atoms with van der Waals surface area (Å²) in [4.78, 5) is 33.1. The zero-order chi connectivity index (χ0) is 14.3. The normalized spacial score (nSPS) is 9.53. The largest absolute Gasteiger partial charge is 0.484 e. The summed E-state index contributed by atoms with van der Waals surface area (Å²) in [5.41, 5.74) is 0.0571. The highest BCUT2D eigenvalue weighted by atomic mass is 16.5. The van der Waals surface area contributed by atoms with Crippen molar-refractivity contribution in [3.8, 4) is 5.75 Å². The molecule has 3 amide bonds. The van der Waals surface area contributed by atoms with Gasteiger partial charge in [0.15, 0.2) is 6.61 Å². The summed E-state index contributed by atoms with van der Waals surface area (Å²) >= 11 is 0. The van der Waals surface area contributed by atoms with E-state index < -0.39 is 17.9 Å². The molecule has 1 aromatic rings. The summed E-state index contributed by atoms with van der Waals surface area (Å²) in [5, 5.41) is 13.2. The van der Waals surface area contributed by atoms with Gasteiger partial charge in [-0.15, -0.1) is 0 Å². The molecule has 0 saturated heterocycles. The maximum atomic E-state index is 11.3. The van der Waals surface area contributed by atoms with E-state index in [1.807, 2.05) is 0 Å². The van der Waals surface area contributed by atoms with Gasteiger partial charge in [-0.25, -0.2) is 9.59 Å². The molecule has 7 nitrogen and oxygen atoms in total. The van der Waals surface area contributed by atoms with Crippen molar-refractivity contribution in [2.75, 3.05) is 13.2 Å². The maximum absolute atomic E-state index is 11.3. The molecule has 0 heterocycles. The zero-order valence-electron chi connectivity index (χ0n) is 10.3. The molecule has 0 saturated carbocycles. The van der Waals surface area contributed by atoms with Crippen LogP contribution in [0.15, 0.2) is 24.3 Å². The van der Waals surface area contributed by atoms with Crippen LogP contribution in [0.5, 0.6) is 5.75 Å². The van der Waals surface area contributed by atoms with Crippen molar-refractivity contribution in [3.05, 3.63) is 29.8 Å². The van der Waals surface area contributed by atoms with Gasteiger partial charge in [0.25, 0.3) is 5.91 Å². The van der Waals surface area contributed by atoms with Gasteiger partial charge in [0.1, 0.15) is 5.75 Å². The van der Waals surface area contributed by atoms with Gasteiger partial charge in [-0.2, -0.15) is 0 Å². The van der Waals surface area contributed by atoms with Crippen molar-refractivity contribution >= 4 is 17.9 Å². The minimum atomic E-state index is -1.09. The first-order chi connectivity index (χ1) is 9.02. The number of rotatable bonds is 5.